The Morgan fingerprint density at radius 2 is 1.82 bits per heavy atom. The molecule has 1 amide bonds. The van der Waals surface area contributed by atoms with Crippen molar-refractivity contribution in [1.82, 2.24) is 14.7 Å². The number of furan rings is 1. The lowest BCUT2D eigenvalue weighted by Crippen LogP contribution is -2.49. The zero-order valence-corrected chi connectivity index (χ0v) is 17.2. The number of para-hydroxylation sites is 1. The lowest BCUT2D eigenvalue weighted by molar-refractivity contribution is 0.0914. The van der Waals surface area contributed by atoms with Gasteiger partial charge in [0.15, 0.2) is 5.76 Å². The van der Waals surface area contributed by atoms with E-state index in [1.807, 2.05) is 18.2 Å². The Morgan fingerprint density at radius 1 is 1.14 bits per heavy atom. The van der Waals surface area contributed by atoms with Crippen LogP contribution in [0.2, 0.25) is 0 Å². The summed E-state index contributed by atoms with van der Waals surface area (Å²) in [5.41, 5.74) is 1.12. The van der Waals surface area contributed by atoms with Crippen LogP contribution in [-0.4, -0.2) is 25.2 Å². The Labute approximate surface area is 175 Å². The Bertz CT molecular complexity index is 1020. The Balaban J connectivity index is 1.96. The molecule has 2 heterocycles. The van der Waals surface area contributed by atoms with Gasteiger partial charge < -0.3 is 15.1 Å². The highest BCUT2D eigenvalue weighted by Crippen LogP contribution is 2.31. The van der Waals surface area contributed by atoms with Gasteiger partial charge >= 0.3 is 0 Å². The average molecular weight is 444 g/mol. The second kappa shape index (κ2) is 7.95. The van der Waals surface area contributed by atoms with Crippen LogP contribution in [0, 0.1) is 6.92 Å². The molecule has 3 aromatic rings. The molecule has 1 aromatic carbocycles. The standard InChI is InChI=1S/C18H17Cl3N4O3/c1-11-14(16(27)25(24(11)2)12-7-4-3-5-8-12)22-17(18(19,20)21)23-15(26)13-9-6-10-28-13/h3-10,17,22H,1-2H3,(H,23,26). The predicted octanol–water partition coefficient (Wildman–Crippen LogP) is 3.62. The number of hydrogen-bond acceptors (Lipinski definition) is 4. The molecule has 28 heavy (non-hydrogen) atoms. The maximum Gasteiger partial charge on any atom is 0.295 e. The number of nitrogens with one attached hydrogen (secondary N) is 2. The first-order valence-corrected chi connectivity index (χ1v) is 9.35. The maximum atomic E-state index is 13.0. The zero-order valence-electron chi connectivity index (χ0n) is 14.9. The minimum absolute atomic E-state index is 0.0486. The van der Waals surface area contributed by atoms with Gasteiger partial charge in [0.1, 0.15) is 11.9 Å². The van der Waals surface area contributed by atoms with Gasteiger partial charge in [0.25, 0.3) is 11.5 Å². The summed E-state index contributed by atoms with van der Waals surface area (Å²) >= 11 is 18.1. The average Bonchev–Trinajstić information content (AvgIpc) is 3.25. The summed E-state index contributed by atoms with van der Waals surface area (Å²) in [6.07, 6.45) is 0.167. The number of benzene rings is 1. The number of rotatable bonds is 5. The third-order valence-corrected chi connectivity index (χ3v) is 4.85. The summed E-state index contributed by atoms with van der Waals surface area (Å²) in [4.78, 5) is 25.3. The molecule has 0 fully saturated rings. The third kappa shape index (κ3) is 4.06. The van der Waals surface area contributed by atoms with Gasteiger partial charge in [-0.25, -0.2) is 4.68 Å². The number of carbonyl (C=O) groups is 1. The summed E-state index contributed by atoms with van der Waals surface area (Å²) in [5, 5.41) is 5.39. The number of carbonyl (C=O) groups excluding carboxylic acids is 1. The van der Waals surface area contributed by atoms with E-state index in [0.29, 0.717) is 11.4 Å². The Morgan fingerprint density at radius 3 is 2.39 bits per heavy atom. The second-order valence-electron chi connectivity index (χ2n) is 6.01. The molecule has 1 unspecified atom stereocenters. The third-order valence-electron chi connectivity index (χ3n) is 4.19. The number of amides is 1. The van der Waals surface area contributed by atoms with Crippen LogP contribution < -0.4 is 16.2 Å². The van der Waals surface area contributed by atoms with Crippen molar-refractivity contribution in [3.8, 4) is 5.69 Å². The molecular weight excluding hydrogens is 427 g/mol. The highest BCUT2D eigenvalue weighted by Gasteiger charge is 2.36. The van der Waals surface area contributed by atoms with Gasteiger partial charge in [-0.15, -0.1) is 0 Å². The summed E-state index contributed by atoms with van der Waals surface area (Å²) in [6, 6.07) is 12.1. The number of anilines is 1. The predicted molar refractivity (Wildman–Crippen MR) is 110 cm³/mol. The van der Waals surface area contributed by atoms with E-state index in [9.17, 15) is 9.59 Å². The van der Waals surface area contributed by atoms with Gasteiger partial charge in [0, 0.05) is 7.05 Å². The van der Waals surface area contributed by atoms with Crippen molar-refractivity contribution in [2.45, 2.75) is 16.9 Å². The van der Waals surface area contributed by atoms with Crippen LogP contribution in [0.1, 0.15) is 16.2 Å². The lowest BCUT2D eigenvalue weighted by Gasteiger charge is -2.26. The van der Waals surface area contributed by atoms with Crippen LogP contribution in [0.15, 0.2) is 57.9 Å². The first-order valence-electron chi connectivity index (χ1n) is 8.22. The van der Waals surface area contributed by atoms with Crippen molar-refractivity contribution in [2.24, 2.45) is 7.05 Å². The number of alkyl halides is 3. The van der Waals surface area contributed by atoms with Crippen LogP contribution >= 0.6 is 34.8 Å². The molecule has 148 valence electrons. The van der Waals surface area contributed by atoms with Crippen LogP contribution in [0.5, 0.6) is 0 Å². The number of halogens is 3. The number of aromatic nitrogens is 2. The smallest absolute Gasteiger partial charge is 0.295 e. The largest absolute Gasteiger partial charge is 0.459 e. The lowest BCUT2D eigenvalue weighted by atomic mass is 10.3. The first kappa shape index (κ1) is 20.4. The van der Waals surface area contributed by atoms with E-state index in [1.54, 1.807) is 36.9 Å². The minimum atomic E-state index is -1.94. The Hall–Kier alpha value is -2.35. The summed E-state index contributed by atoms with van der Waals surface area (Å²) in [6.45, 7) is 1.74. The molecule has 0 aliphatic heterocycles. The first-order chi connectivity index (χ1) is 13.2. The second-order valence-corrected chi connectivity index (χ2v) is 8.38. The molecule has 10 heteroatoms. The van der Waals surface area contributed by atoms with E-state index in [0.717, 1.165) is 0 Å². The van der Waals surface area contributed by atoms with Crippen molar-refractivity contribution in [3.63, 3.8) is 0 Å². The number of nitrogens with zero attached hydrogens (tertiary/aromatic N) is 2. The normalized spacial score (nSPS) is 12.6. The summed E-state index contributed by atoms with van der Waals surface area (Å²) in [5.74, 6) is -0.543. The summed E-state index contributed by atoms with van der Waals surface area (Å²) < 4.78 is 6.26. The van der Waals surface area contributed by atoms with Crippen molar-refractivity contribution in [1.29, 1.82) is 0 Å². The van der Waals surface area contributed by atoms with Crippen LogP contribution in [0.3, 0.4) is 0 Å². The van der Waals surface area contributed by atoms with Gasteiger partial charge in [-0.05, 0) is 31.2 Å². The molecule has 0 bridgehead atoms. The molecule has 0 saturated carbocycles. The molecule has 7 nitrogen and oxygen atoms in total. The summed E-state index contributed by atoms with van der Waals surface area (Å²) in [7, 11) is 1.74. The van der Waals surface area contributed by atoms with Crippen molar-refractivity contribution in [3.05, 3.63) is 70.5 Å². The van der Waals surface area contributed by atoms with Gasteiger partial charge in [0.05, 0.1) is 17.6 Å². The SMILES string of the molecule is Cc1c(NC(NC(=O)c2ccco2)C(Cl)(Cl)Cl)c(=O)n(-c2ccccc2)n1C. The molecule has 3 rings (SSSR count). The fourth-order valence-electron chi connectivity index (χ4n) is 2.69. The molecule has 0 saturated heterocycles. The van der Waals surface area contributed by atoms with Crippen LogP contribution in [-0.2, 0) is 7.05 Å². The quantitative estimate of drug-likeness (QED) is 0.466. The van der Waals surface area contributed by atoms with Crippen molar-refractivity contribution >= 4 is 46.4 Å². The van der Waals surface area contributed by atoms with E-state index in [-0.39, 0.29) is 17.0 Å². The molecule has 0 spiro atoms. The fourth-order valence-corrected chi connectivity index (χ4v) is 3.02. The van der Waals surface area contributed by atoms with E-state index in [2.05, 4.69) is 10.6 Å². The molecule has 2 N–H and O–H groups in total. The molecule has 0 aliphatic carbocycles. The molecule has 2 aromatic heterocycles. The molecule has 0 aliphatic rings. The van der Waals surface area contributed by atoms with E-state index in [4.69, 9.17) is 39.2 Å². The fraction of sp³-hybridized carbons (Fsp3) is 0.222. The molecule has 0 radical (unpaired) electrons. The highest BCUT2D eigenvalue weighted by atomic mass is 35.6. The topological polar surface area (TPSA) is 81.2 Å². The van der Waals surface area contributed by atoms with E-state index < -0.39 is 15.9 Å². The zero-order chi connectivity index (χ0) is 20.5. The number of hydrogen-bond donors (Lipinski definition) is 2. The van der Waals surface area contributed by atoms with Crippen LogP contribution in [0.25, 0.3) is 5.69 Å². The van der Waals surface area contributed by atoms with Gasteiger partial charge in [-0.1, -0.05) is 53.0 Å². The maximum absolute atomic E-state index is 13.0. The molecular formula is C18H17Cl3N4O3. The minimum Gasteiger partial charge on any atom is -0.459 e. The van der Waals surface area contributed by atoms with Gasteiger partial charge in [-0.2, -0.15) is 0 Å². The molecule has 1 atom stereocenters. The van der Waals surface area contributed by atoms with E-state index >= 15 is 0 Å². The Kier molecular flexibility index (Phi) is 5.79. The van der Waals surface area contributed by atoms with Gasteiger partial charge in [-0.3, -0.25) is 14.3 Å². The van der Waals surface area contributed by atoms with Crippen molar-refractivity contribution < 1.29 is 9.21 Å². The highest BCUT2D eigenvalue weighted by molar-refractivity contribution is 6.68. The van der Waals surface area contributed by atoms with E-state index in [1.165, 1.54) is 17.0 Å². The van der Waals surface area contributed by atoms with Gasteiger partial charge in [0.2, 0.25) is 3.79 Å². The van der Waals surface area contributed by atoms with Crippen LogP contribution in [0.4, 0.5) is 5.69 Å². The monoisotopic (exact) mass is 442 g/mol. The van der Waals surface area contributed by atoms with Crippen molar-refractivity contribution in [2.75, 3.05) is 5.32 Å².